The van der Waals surface area contributed by atoms with Gasteiger partial charge < -0.3 is 0 Å². The summed E-state index contributed by atoms with van der Waals surface area (Å²) in [6.45, 7) is 1.73. The molecule has 1 amide bonds. The largest absolute Gasteiger partial charge is 0.274 e. The zero-order valence-corrected chi connectivity index (χ0v) is 10.6. The van der Waals surface area contributed by atoms with Gasteiger partial charge in [-0.1, -0.05) is 0 Å². The van der Waals surface area contributed by atoms with Crippen LogP contribution in [-0.2, 0) is 0 Å². The normalized spacial score (nSPS) is 17.1. The van der Waals surface area contributed by atoms with Crippen molar-refractivity contribution in [3.63, 3.8) is 0 Å². The van der Waals surface area contributed by atoms with Crippen LogP contribution in [0.2, 0.25) is 0 Å². The first-order valence-electron chi connectivity index (χ1n) is 4.57. The van der Waals surface area contributed by atoms with Crippen molar-refractivity contribution in [3.8, 4) is 0 Å². The molecule has 2 rings (SSSR count). The summed E-state index contributed by atoms with van der Waals surface area (Å²) in [5.41, 5.74) is 3.91. The lowest BCUT2D eigenvalue weighted by Crippen LogP contribution is -2.46. The van der Waals surface area contributed by atoms with Crippen LogP contribution in [0.3, 0.4) is 0 Å². The van der Waals surface area contributed by atoms with E-state index in [-0.39, 0.29) is 5.91 Å². The summed E-state index contributed by atoms with van der Waals surface area (Å²) in [5, 5.41) is 3.64. The Labute approximate surface area is 101 Å². The second-order valence-corrected chi connectivity index (χ2v) is 6.02. The Morgan fingerprint density at radius 3 is 3.00 bits per heavy atom. The quantitative estimate of drug-likeness (QED) is 0.803. The van der Waals surface area contributed by atoms with Gasteiger partial charge in [0.15, 0.2) is 0 Å². The molecule has 5 heteroatoms. The Kier molecular flexibility index (Phi) is 3.40. The molecular formula is C9H11IN2OS. The lowest BCUT2D eigenvalue weighted by Gasteiger charge is -2.27. The molecule has 3 nitrogen and oxygen atoms in total. The van der Waals surface area contributed by atoms with E-state index in [0.717, 1.165) is 34.4 Å². The molecule has 0 unspecified atom stereocenters. The summed E-state index contributed by atoms with van der Waals surface area (Å²) >= 11 is 3.84. The lowest BCUT2D eigenvalue weighted by molar-refractivity contribution is 0.0611. The molecule has 1 N–H and O–H groups in total. The molecule has 0 saturated carbocycles. The maximum atomic E-state index is 11.9. The molecule has 0 atom stereocenters. The Morgan fingerprint density at radius 1 is 1.57 bits per heavy atom. The number of carbonyl (C=O) groups is 1. The van der Waals surface area contributed by atoms with Crippen molar-refractivity contribution in [1.82, 2.24) is 10.4 Å². The molecule has 1 aliphatic heterocycles. The molecule has 14 heavy (non-hydrogen) atoms. The predicted octanol–water partition coefficient (Wildman–Crippen LogP) is 2.09. The molecule has 0 radical (unpaired) electrons. The minimum atomic E-state index is 0.101. The second kappa shape index (κ2) is 4.59. The van der Waals surface area contributed by atoms with Crippen molar-refractivity contribution >= 4 is 39.8 Å². The second-order valence-electron chi connectivity index (χ2n) is 3.21. The van der Waals surface area contributed by atoms with Crippen molar-refractivity contribution in [1.29, 1.82) is 0 Å². The van der Waals surface area contributed by atoms with E-state index in [4.69, 9.17) is 0 Å². The van der Waals surface area contributed by atoms with Gasteiger partial charge in [0.05, 0.1) is 8.45 Å². The van der Waals surface area contributed by atoms with Crippen molar-refractivity contribution in [2.24, 2.45) is 0 Å². The number of nitrogens with zero attached hydrogens (tertiary/aromatic N) is 1. The van der Waals surface area contributed by atoms with Crippen LogP contribution in [0.5, 0.6) is 0 Å². The highest BCUT2D eigenvalue weighted by atomic mass is 127. The average Bonchev–Trinajstić information content (AvgIpc) is 2.65. The summed E-state index contributed by atoms with van der Waals surface area (Å²) < 4.78 is 1.16. The highest BCUT2D eigenvalue weighted by Crippen LogP contribution is 2.18. The van der Waals surface area contributed by atoms with Crippen LogP contribution < -0.4 is 5.43 Å². The third-order valence-corrected chi connectivity index (χ3v) is 3.96. The number of hydrogen-bond acceptors (Lipinski definition) is 3. The van der Waals surface area contributed by atoms with Crippen molar-refractivity contribution in [2.75, 3.05) is 13.1 Å². The minimum absolute atomic E-state index is 0.101. The molecule has 0 spiro atoms. The van der Waals surface area contributed by atoms with E-state index >= 15 is 0 Å². The molecule has 0 aliphatic carbocycles. The average molecular weight is 322 g/mol. The number of halogens is 1. The van der Waals surface area contributed by atoms with Gasteiger partial charge in [-0.25, -0.2) is 5.43 Å². The number of hydrogen-bond donors (Lipinski definition) is 1. The molecule has 76 valence electrons. The van der Waals surface area contributed by atoms with Crippen LogP contribution >= 0.6 is 33.9 Å². The van der Waals surface area contributed by atoms with E-state index in [2.05, 4.69) is 28.0 Å². The standard InChI is InChI=1S/C9H11IN2OS/c10-8-5-7(6-14-8)9(13)12-4-2-1-3-11-12/h5-6,11H,1-4H2. The van der Waals surface area contributed by atoms with Gasteiger partial charge in [-0.3, -0.25) is 9.80 Å². The molecule has 1 aromatic heterocycles. The van der Waals surface area contributed by atoms with E-state index in [1.54, 1.807) is 16.3 Å². The first kappa shape index (κ1) is 10.4. The van der Waals surface area contributed by atoms with E-state index in [0.29, 0.717) is 0 Å². The Balaban J connectivity index is 2.07. The Morgan fingerprint density at radius 2 is 2.43 bits per heavy atom. The van der Waals surface area contributed by atoms with Gasteiger partial charge in [0.1, 0.15) is 0 Å². The van der Waals surface area contributed by atoms with Gasteiger partial charge in [-0.2, -0.15) is 0 Å². The number of hydrazine groups is 1. The molecule has 1 saturated heterocycles. The molecule has 1 fully saturated rings. The Hall–Kier alpha value is -0.140. The minimum Gasteiger partial charge on any atom is -0.274 e. The number of amides is 1. The van der Waals surface area contributed by atoms with E-state index in [1.165, 1.54) is 0 Å². The van der Waals surface area contributed by atoms with E-state index < -0.39 is 0 Å². The summed E-state index contributed by atoms with van der Waals surface area (Å²) in [6, 6.07) is 1.93. The highest BCUT2D eigenvalue weighted by Gasteiger charge is 2.18. The van der Waals surface area contributed by atoms with Crippen LogP contribution in [-0.4, -0.2) is 24.0 Å². The fraction of sp³-hybridized carbons (Fsp3) is 0.444. The molecule has 0 aromatic carbocycles. The molecule has 1 aromatic rings. The topological polar surface area (TPSA) is 32.3 Å². The van der Waals surface area contributed by atoms with Gasteiger partial charge in [-0.15, -0.1) is 11.3 Å². The maximum absolute atomic E-state index is 11.9. The SMILES string of the molecule is O=C(c1csc(I)c1)N1CCCCN1. The van der Waals surface area contributed by atoms with Gasteiger partial charge in [0, 0.05) is 18.5 Å². The fourth-order valence-corrected chi connectivity index (χ4v) is 2.76. The summed E-state index contributed by atoms with van der Waals surface area (Å²) in [6.07, 6.45) is 2.25. The third-order valence-electron chi connectivity index (χ3n) is 2.17. The van der Waals surface area contributed by atoms with Crippen molar-refractivity contribution in [2.45, 2.75) is 12.8 Å². The molecule has 2 heterocycles. The maximum Gasteiger partial charge on any atom is 0.268 e. The summed E-state index contributed by atoms with van der Waals surface area (Å²) in [4.78, 5) is 11.9. The van der Waals surface area contributed by atoms with Gasteiger partial charge in [0.25, 0.3) is 5.91 Å². The molecular weight excluding hydrogens is 311 g/mol. The van der Waals surface area contributed by atoms with Gasteiger partial charge >= 0.3 is 0 Å². The third kappa shape index (κ3) is 2.26. The van der Waals surface area contributed by atoms with Crippen LogP contribution in [0.4, 0.5) is 0 Å². The predicted molar refractivity (Wildman–Crippen MR) is 65.3 cm³/mol. The summed E-state index contributed by atoms with van der Waals surface area (Å²) in [7, 11) is 0. The fourth-order valence-electron chi connectivity index (χ4n) is 1.44. The number of thiophene rings is 1. The van der Waals surface area contributed by atoms with Crippen LogP contribution in [0.15, 0.2) is 11.4 Å². The highest BCUT2D eigenvalue weighted by molar-refractivity contribution is 14.1. The summed E-state index contributed by atoms with van der Waals surface area (Å²) in [5.74, 6) is 0.101. The zero-order valence-electron chi connectivity index (χ0n) is 7.62. The smallest absolute Gasteiger partial charge is 0.268 e. The number of carbonyl (C=O) groups excluding carboxylic acids is 1. The number of nitrogens with one attached hydrogen (secondary N) is 1. The van der Waals surface area contributed by atoms with Crippen LogP contribution in [0, 0.1) is 2.88 Å². The molecule has 1 aliphatic rings. The van der Waals surface area contributed by atoms with Gasteiger partial charge in [0.2, 0.25) is 0 Å². The van der Waals surface area contributed by atoms with E-state index in [1.807, 2.05) is 11.4 Å². The van der Waals surface area contributed by atoms with Crippen molar-refractivity contribution in [3.05, 3.63) is 19.9 Å². The van der Waals surface area contributed by atoms with Crippen LogP contribution in [0.1, 0.15) is 23.2 Å². The van der Waals surface area contributed by atoms with Crippen LogP contribution in [0.25, 0.3) is 0 Å². The Bertz CT molecular complexity index is 333. The monoisotopic (exact) mass is 322 g/mol. The van der Waals surface area contributed by atoms with Crippen molar-refractivity contribution < 1.29 is 4.79 Å². The lowest BCUT2D eigenvalue weighted by atomic mass is 10.2. The first-order valence-corrected chi connectivity index (χ1v) is 6.52. The van der Waals surface area contributed by atoms with E-state index in [9.17, 15) is 4.79 Å². The molecule has 0 bridgehead atoms. The zero-order chi connectivity index (χ0) is 9.97. The first-order chi connectivity index (χ1) is 6.77. The van der Waals surface area contributed by atoms with Gasteiger partial charge in [-0.05, 0) is 41.5 Å². The number of rotatable bonds is 1.